The summed E-state index contributed by atoms with van der Waals surface area (Å²) in [6.45, 7) is 0.216. The Hall–Kier alpha value is -3.19. The average Bonchev–Trinajstić information content (AvgIpc) is 3.27. The van der Waals surface area contributed by atoms with Crippen LogP contribution >= 0.6 is 11.6 Å². The van der Waals surface area contributed by atoms with Gasteiger partial charge in [-0.2, -0.15) is 0 Å². The average molecular weight is 428 g/mol. The lowest BCUT2D eigenvalue weighted by Crippen LogP contribution is -2.48. The molecule has 1 saturated heterocycles. The Balaban J connectivity index is 1.70. The van der Waals surface area contributed by atoms with Crippen LogP contribution in [0.4, 0.5) is 0 Å². The highest BCUT2D eigenvalue weighted by Crippen LogP contribution is 2.19. The van der Waals surface area contributed by atoms with E-state index < -0.39 is 11.9 Å². The van der Waals surface area contributed by atoms with E-state index in [0.29, 0.717) is 23.6 Å². The number of likely N-dealkylation sites (tertiary alicyclic amines) is 1. The number of amides is 3. The normalized spacial score (nSPS) is 15.5. The van der Waals surface area contributed by atoms with Crippen LogP contribution in [-0.2, 0) is 9.59 Å². The monoisotopic (exact) mass is 427 g/mol. The zero-order valence-corrected chi connectivity index (χ0v) is 17.2. The molecule has 8 heteroatoms. The summed E-state index contributed by atoms with van der Waals surface area (Å²) >= 11 is 5.87. The van der Waals surface area contributed by atoms with Crippen molar-refractivity contribution in [1.82, 2.24) is 15.5 Å². The van der Waals surface area contributed by atoms with E-state index in [1.54, 1.807) is 42.5 Å². The van der Waals surface area contributed by atoms with Gasteiger partial charge >= 0.3 is 0 Å². The van der Waals surface area contributed by atoms with E-state index in [1.165, 1.54) is 18.0 Å². The molecule has 1 heterocycles. The Morgan fingerprint density at radius 2 is 1.70 bits per heavy atom. The van der Waals surface area contributed by atoms with Crippen LogP contribution in [0.15, 0.2) is 48.5 Å². The molecule has 2 N–H and O–H groups in total. The summed E-state index contributed by atoms with van der Waals surface area (Å²) in [6.07, 6.45) is 1.33. The summed E-state index contributed by atoms with van der Waals surface area (Å²) in [5.41, 5.74) is 0.810. The van der Waals surface area contributed by atoms with Gasteiger partial charge in [0.05, 0.1) is 12.1 Å². The molecule has 1 fully saturated rings. The molecule has 156 valence electrons. The third-order valence-corrected chi connectivity index (χ3v) is 5.30. The van der Waals surface area contributed by atoms with Crippen molar-refractivity contribution in [2.75, 3.05) is 20.1 Å². The van der Waals surface area contributed by atoms with E-state index in [1.807, 2.05) is 0 Å². The minimum Gasteiger partial charge on any atom is -0.357 e. The lowest BCUT2D eigenvalue weighted by atomic mass is 9.98. The molecule has 0 aliphatic carbocycles. The van der Waals surface area contributed by atoms with Crippen LogP contribution in [-0.4, -0.2) is 54.6 Å². The van der Waals surface area contributed by atoms with Crippen LogP contribution in [0.2, 0.25) is 5.02 Å². The SMILES string of the molecule is CNC(=O)C1CCCN1C(=O)CNC(=O)c1ccccc1C(=O)c1ccc(Cl)cc1. The van der Waals surface area contributed by atoms with Gasteiger partial charge in [0.2, 0.25) is 11.8 Å². The number of ketones is 1. The van der Waals surface area contributed by atoms with Crippen LogP contribution in [0.3, 0.4) is 0 Å². The largest absolute Gasteiger partial charge is 0.357 e. The fraction of sp³-hybridized carbons (Fsp3) is 0.273. The van der Waals surface area contributed by atoms with Gasteiger partial charge in [0.25, 0.3) is 5.91 Å². The van der Waals surface area contributed by atoms with Crippen LogP contribution in [0.1, 0.15) is 39.1 Å². The molecule has 3 rings (SSSR count). The number of benzene rings is 2. The van der Waals surface area contributed by atoms with Crippen LogP contribution < -0.4 is 10.6 Å². The maximum Gasteiger partial charge on any atom is 0.252 e. The third kappa shape index (κ3) is 4.68. The van der Waals surface area contributed by atoms with Crippen molar-refractivity contribution < 1.29 is 19.2 Å². The number of carbonyl (C=O) groups excluding carboxylic acids is 4. The first-order valence-corrected chi connectivity index (χ1v) is 9.98. The summed E-state index contributed by atoms with van der Waals surface area (Å²) < 4.78 is 0. The number of hydrogen-bond acceptors (Lipinski definition) is 4. The molecule has 1 aliphatic rings. The third-order valence-electron chi connectivity index (χ3n) is 5.05. The quantitative estimate of drug-likeness (QED) is 0.689. The second-order valence-electron chi connectivity index (χ2n) is 6.92. The highest BCUT2D eigenvalue weighted by molar-refractivity contribution is 6.30. The van der Waals surface area contributed by atoms with Gasteiger partial charge in [0.1, 0.15) is 6.04 Å². The number of carbonyl (C=O) groups is 4. The standard InChI is InChI=1S/C22H22ClN3O4/c1-24-22(30)18-7-4-12-26(18)19(27)13-25-21(29)17-6-3-2-5-16(17)20(28)14-8-10-15(23)11-9-14/h2-3,5-6,8-11,18H,4,7,12-13H2,1H3,(H,24,30)(H,25,29). The van der Waals surface area contributed by atoms with Gasteiger partial charge in [-0.25, -0.2) is 0 Å². The van der Waals surface area contributed by atoms with Gasteiger partial charge in [-0.3, -0.25) is 19.2 Å². The first-order chi connectivity index (χ1) is 14.4. The zero-order valence-electron chi connectivity index (χ0n) is 16.5. The minimum absolute atomic E-state index is 0.175. The summed E-state index contributed by atoms with van der Waals surface area (Å²) in [5.74, 6) is -1.40. The number of rotatable bonds is 6. The molecule has 30 heavy (non-hydrogen) atoms. The van der Waals surface area contributed by atoms with E-state index in [4.69, 9.17) is 11.6 Å². The molecule has 1 unspecified atom stereocenters. The summed E-state index contributed by atoms with van der Waals surface area (Å²) in [6, 6.07) is 12.3. The van der Waals surface area contributed by atoms with E-state index >= 15 is 0 Å². The lowest BCUT2D eigenvalue weighted by Gasteiger charge is -2.23. The Labute approximate surface area is 179 Å². The molecule has 0 radical (unpaired) electrons. The number of nitrogens with one attached hydrogen (secondary N) is 2. The lowest BCUT2D eigenvalue weighted by molar-refractivity contribution is -0.137. The molecule has 3 amide bonds. The number of hydrogen-bond donors (Lipinski definition) is 2. The van der Waals surface area contributed by atoms with E-state index in [2.05, 4.69) is 10.6 Å². The second-order valence-corrected chi connectivity index (χ2v) is 7.36. The fourth-order valence-electron chi connectivity index (χ4n) is 3.49. The molecule has 7 nitrogen and oxygen atoms in total. The molecular weight excluding hydrogens is 406 g/mol. The number of halogens is 1. The smallest absolute Gasteiger partial charge is 0.252 e. The highest BCUT2D eigenvalue weighted by atomic mass is 35.5. The number of likely N-dealkylation sites (N-methyl/N-ethyl adjacent to an activating group) is 1. The van der Waals surface area contributed by atoms with Gasteiger partial charge < -0.3 is 15.5 Å². The maximum atomic E-state index is 12.8. The van der Waals surface area contributed by atoms with Gasteiger partial charge in [-0.1, -0.05) is 29.8 Å². The Morgan fingerprint density at radius 3 is 2.37 bits per heavy atom. The van der Waals surface area contributed by atoms with Gasteiger partial charge in [0, 0.05) is 29.7 Å². The van der Waals surface area contributed by atoms with Crippen molar-refractivity contribution in [3.63, 3.8) is 0 Å². The Bertz CT molecular complexity index is 975. The molecular formula is C22H22ClN3O4. The molecule has 2 aromatic rings. The molecule has 0 spiro atoms. The summed E-state index contributed by atoms with van der Waals surface area (Å²) in [5, 5.41) is 5.64. The maximum absolute atomic E-state index is 12.8. The van der Waals surface area contributed by atoms with Crippen molar-refractivity contribution in [2.24, 2.45) is 0 Å². The van der Waals surface area contributed by atoms with E-state index in [-0.39, 0.29) is 35.3 Å². The predicted octanol–water partition coefficient (Wildman–Crippen LogP) is 2.04. The minimum atomic E-state index is -0.531. The van der Waals surface area contributed by atoms with E-state index in [0.717, 1.165) is 6.42 Å². The molecule has 1 aliphatic heterocycles. The van der Waals surface area contributed by atoms with Crippen molar-refractivity contribution in [1.29, 1.82) is 0 Å². The van der Waals surface area contributed by atoms with Gasteiger partial charge in [0.15, 0.2) is 5.78 Å². The van der Waals surface area contributed by atoms with Crippen molar-refractivity contribution in [2.45, 2.75) is 18.9 Å². The van der Waals surface area contributed by atoms with Crippen LogP contribution in [0.5, 0.6) is 0 Å². The summed E-state index contributed by atoms with van der Waals surface area (Å²) in [7, 11) is 1.53. The zero-order chi connectivity index (χ0) is 21.7. The fourth-order valence-corrected chi connectivity index (χ4v) is 3.62. The molecule has 1 atom stereocenters. The van der Waals surface area contributed by atoms with Crippen LogP contribution in [0.25, 0.3) is 0 Å². The van der Waals surface area contributed by atoms with Gasteiger partial charge in [-0.05, 0) is 43.2 Å². The highest BCUT2D eigenvalue weighted by Gasteiger charge is 2.33. The Kier molecular flexibility index (Phi) is 6.84. The molecule has 0 bridgehead atoms. The van der Waals surface area contributed by atoms with E-state index in [9.17, 15) is 19.2 Å². The molecule has 2 aromatic carbocycles. The first-order valence-electron chi connectivity index (χ1n) is 9.61. The summed E-state index contributed by atoms with van der Waals surface area (Å²) in [4.78, 5) is 51.5. The van der Waals surface area contributed by atoms with Crippen molar-refractivity contribution >= 4 is 35.1 Å². The first kappa shape index (κ1) is 21.5. The predicted molar refractivity (Wildman–Crippen MR) is 112 cm³/mol. The Morgan fingerprint density at radius 1 is 1.03 bits per heavy atom. The molecule has 0 saturated carbocycles. The van der Waals surface area contributed by atoms with Crippen LogP contribution in [0, 0.1) is 0 Å². The number of nitrogens with zero attached hydrogens (tertiary/aromatic N) is 1. The topological polar surface area (TPSA) is 95.6 Å². The van der Waals surface area contributed by atoms with Crippen molar-refractivity contribution in [3.8, 4) is 0 Å². The second kappa shape index (κ2) is 9.54. The molecule has 0 aromatic heterocycles. The van der Waals surface area contributed by atoms with Gasteiger partial charge in [-0.15, -0.1) is 0 Å². The van der Waals surface area contributed by atoms with Crippen molar-refractivity contribution in [3.05, 3.63) is 70.2 Å².